The first-order valence-corrected chi connectivity index (χ1v) is 7.72. The topological polar surface area (TPSA) is 50.7 Å². The van der Waals surface area contributed by atoms with Gasteiger partial charge in [-0.1, -0.05) is 13.8 Å². The van der Waals surface area contributed by atoms with E-state index in [9.17, 15) is 5.11 Å². The molecule has 1 saturated carbocycles. The van der Waals surface area contributed by atoms with E-state index in [2.05, 4.69) is 19.2 Å². The highest BCUT2D eigenvalue weighted by atomic mass is 16.5. The van der Waals surface area contributed by atoms with Crippen LogP contribution in [0.1, 0.15) is 38.7 Å². The molecular weight excluding hydrogens is 266 g/mol. The van der Waals surface area contributed by atoms with Crippen LogP contribution in [0.15, 0.2) is 18.2 Å². The van der Waals surface area contributed by atoms with Crippen molar-refractivity contribution in [2.45, 2.75) is 51.9 Å². The van der Waals surface area contributed by atoms with Gasteiger partial charge in [0.05, 0.1) is 19.8 Å². The third-order valence-corrected chi connectivity index (χ3v) is 5.18. The Morgan fingerprint density at radius 1 is 1.29 bits per heavy atom. The molecule has 0 heterocycles. The van der Waals surface area contributed by atoms with Crippen molar-refractivity contribution in [3.63, 3.8) is 0 Å². The molecule has 2 unspecified atom stereocenters. The predicted octanol–water partition coefficient (Wildman–Crippen LogP) is 3.19. The molecule has 1 aliphatic carbocycles. The summed E-state index contributed by atoms with van der Waals surface area (Å²) in [6, 6.07) is 6.29. The second kappa shape index (κ2) is 6.67. The standard InChI is InChI=1S/C17H27NO3/c1-5-17(6-2)15(10-16(17)21-4)18-13-7-8-14(20-3)12(9-13)11-19/h7-9,15-16,18-19H,5-6,10-11H2,1-4H3. The lowest BCUT2D eigenvalue weighted by Crippen LogP contribution is -2.60. The van der Waals surface area contributed by atoms with Crippen molar-refractivity contribution in [1.82, 2.24) is 0 Å². The summed E-state index contributed by atoms with van der Waals surface area (Å²) in [5, 5.41) is 13.0. The van der Waals surface area contributed by atoms with Crippen molar-refractivity contribution in [2.24, 2.45) is 5.41 Å². The number of aliphatic hydroxyl groups excluding tert-OH is 1. The first-order valence-electron chi connectivity index (χ1n) is 7.72. The van der Waals surface area contributed by atoms with Crippen LogP contribution in [0, 0.1) is 5.41 Å². The first-order chi connectivity index (χ1) is 10.1. The van der Waals surface area contributed by atoms with Crippen LogP contribution in [0.2, 0.25) is 0 Å². The van der Waals surface area contributed by atoms with Crippen LogP contribution in [-0.2, 0) is 11.3 Å². The molecule has 0 aromatic heterocycles. The van der Waals surface area contributed by atoms with E-state index in [1.807, 2.05) is 18.2 Å². The molecule has 21 heavy (non-hydrogen) atoms. The number of methoxy groups -OCH3 is 2. The molecule has 1 aromatic rings. The van der Waals surface area contributed by atoms with Gasteiger partial charge in [-0.25, -0.2) is 0 Å². The Balaban J connectivity index is 2.15. The van der Waals surface area contributed by atoms with Gasteiger partial charge in [-0.15, -0.1) is 0 Å². The Morgan fingerprint density at radius 3 is 2.52 bits per heavy atom. The van der Waals surface area contributed by atoms with Crippen molar-refractivity contribution >= 4 is 5.69 Å². The van der Waals surface area contributed by atoms with E-state index < -0.39 is 0 Å². The van der Waals surface area contributed by atoms with Crippen LogP contribution in [0.3, 0.4) is 0 Å². The maximum absolute atomic E-state index is 9.43. The minimum Gasteiger partial charge on any atom is -0.496 e. The highest BCUT2D eigenvalue weighted by Gasteiger charge is 2.52. The molecule has 4 heteroatoms. The van der Waals surface area contributed by atoms with Gasteiger partial charge in [-0.3, -0.25) is 0 Å². The number of ether oxygens (including phenoxy) is 2. The molecule has 1 fully saturated rings. The van der Waals surface area contributed by atoms with Crippen LogP contribution >= 0.6 is 0 Å². The molecule has 0 bridgehead atoms. The van der Waals surface area contributed by atoms with E-state index in [-0.39, 0.29) is 12.0 Å². The normalized spacial score (nSPS) is 23.5. The molecule has 4 nitrogen and oxygen atoms in total. The van der Waals surface area contributed by atoms with E-state index in [0.717, 1.165) is 36.3 Å². The van der Waals surface area contributed by atoms with Crippen LogP contribution in [0.5, 0.6) is 5.75 Å². The number of hydrogen-bond donors (Lipinski definition) is 2. The fourth-order valence-electron chi connectivity index (χ4n) is 3.67. The number of hydrogen-bond acceptors (Lipinski definition) is 4. The Hall–Kier alpha value is -1.26. The van der Waals surface area contributed by atoms with Crippen molar-refractivity contribution in [2.75, 3.05) is 19.5 Å². The summed E-state index contributed by atoms with van der Waals surface area (Å²) in [7, 11) is 3.42. The molecule has 0 amide bonds. The van der Waals surface area contributed by atoms with Crippen LogP contribution < -0.4 is 10.1 Å². The second-order valence-electron chi connectivity index (χ2n) is 5.78. The van der Waals surface area contributed by atoms with Crippen LogP contribution in [-0.4, -0.2) is 31.5 Å². The zero-order valence-electron chi connectivity index (χ0n) is 13.5. The lowest BCUT2D eigenvalue weighted by Gasteiger charge is -2.55. The molecule has 0 saturated heterocycles. The number of anilines is 1. The largest absolute Gasteiger partial charge is 0.496 e. The average Bonchev–Trinajstić information content (AvgIpc) is 2.52. The summed E-state index contributed by atoms with van der Waals surface area (Å²) in [5.74, 6) is 0.726. The number of nitrogens with one attached hydrogen (secondary N) is 1. The van der Waals surface area contributed by atoms with Gasteiger partial charge in [0.2, 0.25) is 0 Å². The smallest absolute Gasteiger partial charge is 0.124 e. The first kappa shape index (κ1) is 16.1. The molecule has 2 atom stereocenters. The van der Waals surface area contributed by atoms with E-state index in [1.54, 1.807) is 14.2 Å². The fraction of sp³-hybridized carbons (Fsp3) is 0.647. The van der Waals surface area contributed by atoms with E-state index in [0.29, 0.717) is 12.1 Å². The SMILES string of the molecule is CCC1(CC)C(Nc2ccc(OC)c(CO)c2)CC1OC. The van der Waals surface area contributed by atoms with Gasteiger partial charge in [0, 0.05) is 29.8 Å². The van der Waals surface area contributed by atoms with Crippen molar-refractivity contribution in [1.29, 1.82) is 0 Å². The van der Waals surface area contributed by atoms with E-state index in [1.165, 1.54) is 0 Å². The zero-order valence-corrected chi connectivity index (χ0v) is 13.5. The van der Waals surface area contributed by atoms with Gasteiger partial charge in [-0.2, -0.15) is 0 Å². The van der Waals surface area contributed by atoms with E-state index in [4.69, 9.17) is 9.47 Å². The Bertz CT molecular complexity index is 471. The monoisotopic (exact) mass is 293 g/mol. The minimum atomic E-state index is -0.0171. The minimum absolute atomic E-state index is 0.0171. The number of benzene rings is 1. The summed E-state index contributed by atoms with van der Waals surface area (Å²) in [6.45, 7) is 4.45. The molecular formula is C17H27NO3. The summed E-state index contributed by atoms with van der Waals surface area (Å²) < 4.78 is 10.9. The molecule has 118 valence electrons. The second-order valence-corrected chi connectivity index (χ2v) is 5.78. The Kier molecular flexibility index (Phi) is 5.12. The third kappa shape index (κ3) is 2.74. The predicted molar refractivity (Wildman–Crippen MR) is 84.8 cm³/mol. The molecule has 1 aromatic carbocycles. The summed E-state index contributed by atoms with van der Waals surface area (Å²) >= 11 is 0. The van der Waals surface area contributed by atoms with Crippen molar-refractivity contribution in [3.05, 3.63) is 23.8 Å². The molecule has 0 radical (unpaired) electrons. The van der Waals surface area contributed by atoms with Crippen LogP contribution in [0.25, 0.3) is 0 Å². The Labute approximate surface area is 127 Å². The van der Waals surface area contributed by atoms with Gasteiger partial charge in [0.15, 0.2) is 0 Å². The number of aliphatic hydroxyl groups is 1. The lowest BCUT2D eigenvalue weighted by atomic mass is 9.58. The van der Waals surface area contributed by atoms with Gasteiger partial charge < -0.3 is 19.9 Å². The highest BCUT2D eigenvalue weighted by molar-refractivity contribution is 5.52. The van der Waals surface area contributed by atoms with Gasteiger partial charge in [0.1, 0.15) is 5.75 Å². The lowest BCUT2D eigenvalue weighted by molar-refractivity contribution is -0.106. The Morgan fingerprint density at radius 2 is 2.00 bits per heavy atom. The van der Waals surface area contributed by atoms with Crippen molar-refractivity contribution < 1.29 is 14.6 Å². The maximum atomic E-state index is 9.43. The highest BCUT2D eigenvalue weighted by Crippen LogP contribution is 2.50. The number of rotatable bonds is 7. The summed E-state index contributed by atoms with van der Waals surface area (Å²) in [4.78, 5) is 0. The summed E-state index contributed by atoms with van der Waals surface area (Å²) in [6.07, 6.45) is 3.56. The molecule has 0 spiro atoms. The molecule has 2 rings (SSSR count). The maximum Gasteiger partial charge on any atom is 0.124 e. The van der Waals surface area contributed by atoms with Crippen molar-refractivity contribution in [3.8, 4) is 5.75 Å². The van der Waals surface area contributed by atoms with Gasteiger partial charge >= 0.3 is 0 Å². The van der Waals surface area contributed by atoms with Gasteiger partial charge in [-0.05, 0) is 37.5 Å². The molecule has 0 aliphatic heterocycles. The van der Waals surface area contributed by atoms with Gasteiger partial charge in [0.25, 0.3) is 0 Å². The fourth-order valence-corrected chi connectivity index (χ4v) is 3.67. The molecule has 2 N–H and O–H groups in total. The average molecular weight is 293 g/mol. The third-order valence-electron chi connectivity index (χ3n) is 5.18. The zero-order chi connectivity index (χ0) is 15.5. The summed E-state index contributed by atoms with van der Waals surface area (Å²) in [5.41, 5.74) is 2.04. The quantitative estimate of drug-likeness (QED) is 0.810. The van der Waals surface area contributed by atoms with Crippen LogP contribution in [0.4, 0.5) is 5.69 Å². The molecule has 1 aliphatic rings. The van der Waals surface area contributed by atoms with E-state index >= 15 is 0 Å².